The minimum absolute atomic E-state index is 0.0635. The van der Waals surface area contributed by atoms with Crippen LogP contribution in [0.15, 0.2) is 24.3 Å². The number of carbonyl (C=O) groups is 1. The third kappa shape index (κ3) is 5.58. The first-order valence-corrected chi connectivity index (χ1v) is 7.88. The Bertz CT molecular complexity index is 556. The highest BCUT2D eigenvalue weighted by atomic mass is 32.2. The maximum Gasteiger partial charge on any atom is 0.328 e. The van der Waals surface area contributed by atoms with E-state index in [0.29, 0.717) is 0 Å². The number of ether oxygens (including phenoxy) is 1. The second-order valence-electron chi connectivity index (χ2n) is 4.34. The predicted octanol–water partition coefficient (Wildman–Crippen LogP) is 1.62. The molecule has 1 atom stereocenters. The zero-order valence-corrected chi connectivity index (χ0v) is 12.3. The van der Waals surface area contributed by atoms with Gasteiger partial charge in [-0.05, 0) is 31.9 Å². The van der Waals surface area contributed by atoms with Crippen molar-refractivity contribution >= 4 is 21.8 Å². The Balaban J connectivity index is 2.82. The molecule has 0 radical (unpaired) electrons. The molecule has 1 aromatic carbocycles. The number of aryl methyl sites for hydroxylation is 1. The van der Waals surface area contributed by atoms with Gasteiger partial charge in [-0.15, -0.1) is 0 Å². The van der Waals surface area contributed by atoms with Crippen LogP contribution in [-0.2, 0) is 19.6 Å². The fourth-order valence-corrected chi connectivity index (χ4v) is 2.21. The summed E-state index contributed by atoms with van der Waals surface area (Å²) < 4.78 is 35.3. The highest BCUT2D eigenvalue weighted by Gasteiger charge is 2.22. The molecular formula is C13H19NO5S. The second-order valence-corrected chi connectivity index (χ2v) is 5.91. The van der Waals surface area contributed by atoms with Crippen LogP contribution in [0, 0.1) is 6.92 Å². The molecule has 0 amide bonds. The van der Waals surface area contributed by atoms with E-state index in [9.17, 15) is 13.2 Å². The van der Waals surface area contributed by atoms with Gasteiger partial charge in [-0.1, -0.05) is 18.2 Å². The molecule has 0 unspecified atom stereocenters. The molecule has 0 saturated heterocycles. The van der Waals surface area contributed by atoms with E-state index in [2.05, 4.69) is 5.32 Å². The molecule has 0 aliphatic rings. The molecule has 0 aliphatic carbocycles. The van der Waals surface area contributed by atoms with Crippen LogP contribution in [-0.4, -0.2) is 37.3 Å². The monoisotopic (exact) mass is 301 g/mol. The summed E-state index contributed by atoms with van der Waals surface area (Å²) in [5.74, 6) is -1.05. The molecule has 1 aromatic rings. The van der Waals surface area contributed by atoms with E-state index in [1.807, 2.05) is 19.1 Å². The largest absolute Gasteiger partial charge is 0.464 e. The number of hydrogen-bond acceptors (Lipinski definition) is 5. The number of benzene rings is 1. The maximum absolute atomic E-state index is 11.8. The van der Waals surface area contributed by atoms with Gasteiger partial charge in [0.05, 0.1) is 12.4 Å². The van der Waals surface area contributed by atoms with Crippen LogP contribution in [0.25, 0.3) is 0 Å². The lowest BCUT2D eigenvalue weighted by molar-refractivity contribution is -0.144. The fourth-order valence-electron chi connectivity index (χ4n) is 1.68. The lowest BCUT2D eigenvalue weighted by Crippen LogP contribution is -2.33. The smallest absolute Gasteiger partial charge is 0.328 e. The van der Waals surface area contributed by atoms with Crippen LogP contribution < -0.4 is 5.32 Å². The van der Waals surface area contributed by atoms with E-state index in [1.165, 1.54) is 0 Å². The highest BCUT2D eigenvalue weighted by Crippen LogP contribution is 2.16. The molecule has 1 rings (SSSR count). The third-order valence-electron chi connectivity index (χ3n) is 2.71. The van der Waals surface area contributed by atoms with Crippen molar-refractivity contribution in [2.75, 3.05) is 17.7 Å². The summed E-state index contributed by atoms with van der Waals surface area (Å²) in [4.78, 5) is 11.8. The van der Waals surface area contributed by atoms with Gasteiger partial charge in [0.1, 0.15) is 6.04 Å². The lowest BCUT2D eigenvalue weighted by Gasteiger charge is -2.19. The Morgan fingerprint density at radius 1 is 1.40 bits per heavy atom. The normalized spacial score (nSPS) is 12.8. The molecule has 7 heteroatoms. The summed E-state index contributed by atoms with van der Waals surface area (Å²) in [5, 5.41) is 2.95. The van der Waals surface area contributed by atoms with E-state index in [4.69, 9.17) is 9.29 Å². The Hall–Kier alpha value is -1.60. The van der Waals surface area contributed by atoms with Crippen LogP contribution in [0.2, 0.25) is 0 Å². The van der Waals surface area contributed by atoms with Crippen molar-refractivity contribution in [2.24, 2.45) is 0 Å². The summed E-state index contributed by atoms with van der Waals surface area (Å²) >= 11 is 0. The molecule has 6 nitrogen and oxygen atoms in total. The van der Waals surface area contributed by atoms with Gasteiger partial charge >= 0.3 is 5.97 Å². The van der Waals surface area contributed by atoms with Crippen molar-refractivity contribution < 1.29 is 22.5 Å². The predicted molar refractivity (Wildman–Crippen MR) is 76.3 cm³/mol. The highest BCUT2D eigenvalue weighted by molar-refractivity contribution is 7.85. The standard InChI is InChI=1S/C13H19NO5S/c1-3-19-13(15)12(8-9-20(16,17)18)14-11-7-5-4-6-10(11)2/h4-7,12,14H,3,8-9H2,1-2H3,(H,16,17,18)/t12-/m0/s1. The molecule has 0 saturated carbocycles. The van der Waals surface area contributed by atoms with Gasteiger partial charge in [0.15, 0.2) is 0 Å². The van der Waals surface area contributed by atoms with Gasteiger partial charge in [0, 0.05) is 5.69 Å². The number of esters is 1. The Labute approximate surface area is 118 Å². The third-order valence-corrected chi connectivity index (χ3v) is 3.46. The van der Waals surface area contributed by atoms with Crippen LogP contribution in [0.5, 0.6) is 0 Å². The van der Waals surface area contributed by atoms with Crippen molar-refractivity contribution in [3.63, 3.8) is 0 Å². The Kier molecular flexibility index (Phi) is 5.97. The number of para-hydroxylation sites is 1. The minimum atomic E-state index is -4.12. The zero-order chi connectivity index (χ0) is 15.2. The molecule has 0 heterocycles. The van der Waals surface area contributed by atoms with Crippen LogP contribution >= 0.6 is 0 Å². The zero-order valence-electron chi connectivity index (χ0n) is 11.5. The van der Waals surface area contributed by atoms with Gasteiger partial charge in [0.25, 0.3) is 10.1 Å². The summed E-state index contributed by atoms with van der Waals surface area (Å²) in [7, 11) is -4.12. The lowest BCUT2D eigenvalue weighted by atomic mass is 10.1. The van der Waals surface area contributed by atoms with E-state index < -0.39 is 27.9 Å². The number of rotatable bonds is 7. The minimum Gasteiger partial charge on any atom is -0.464 e. The summed E-state index contributed by atoms with van der Waals surface area (Å²) in [5.41, 5.74) is 1.65. The van der Waals surface area contributed by atoms with Crippen molar-refractivity contribution in [3.8, 4) is 0 Å². The first-order chi connectivity index (χ1) is 9.33. The number of hydrogen-bond donors (Lipinski definition) is 2. The Morgan fingerprint density at radius 3 is 2.60 bits per heavy atom. The molecule has 112 valence electrons. The van der Waals surface area contributed by atoms with E-state index >= 15 is 0 Å². The molecule has 2 N–H and O–H groups in total. The molecule has 0 fully saturated rings. The van der Waals surface area contributed by atoms with E-state index in [1.54, 1.807) is 19.1 Å². The van der Waals surface area contributed by atoms with Crippen LogP contribution in [0.1, 0.15) is 18.9 Å². The molecular weight excluding hydrogens is 282 g/mol. The average molecular weight is 301 g/mol. The maximum atomic E-state index is 11.8. The Morgan fingerprint density at radius 2 is 2.05 bits per heavy atom. The van der Waals surface area contributed by atoms with Gasteiger partial charge < -0.3 is 10.1 Å². The molecule has 0 aromatic heterocycles. The summed E-state index contributed by atoms with van der Waals surface area (Å²) in [6.07, 6.45) is -0.0635. The number of nitrogens with one attached hydrogen (secondary N) is 1. The molecule has 0 bridgehead atoms. The fraction of sp³-hybridized carbons (Fsp3) is 0.462. The van der Waals surface area contributed by atoms with Gasteiger partial charge in [-0.2, -0.15) is 8.42 Å². The van der Waals surface area contributed by atoms with Crippen molar-refractivity contribution in [2.45, 2.75) is 26.3 Å². The molecule has 0 aliphatic heterocycles. The topological polar surface area (TPSA) is 92.7 Å². The van der Waals surface area contributed by atoms with Crippen molar-refractivity contribution in [1.29, 1.82) is 0 Å². The van der Waals surface area contributed by atoms with Crippen molar-refractivity contribution in [1.82, 2.24) is 0 Å². The van der Waals surface area contributed by atoms with Gasteiger partial charge in [-0.3, -0.25) is 4.55 Å². The first-order valence-electron chi connectivity index (χ1n) is 6.27. The molecule has 20 heavy (non-hydrogen) atoms. The van der Waals surface area contributed by atoms with E-state index in [-0.39, 0.29) is 13.0 Å². The average Bonchev–Trinajstić information content (AvgIpc) is 2.35. The second kappa shape index (κ2) is 7.25. The number of carbonyl (C=O) groups excluding carboxylic acids is 1. The van der Waals surface area contributed by atoms with Crippen LogP contribution in [0.4, 0.5) is 5.69 Å². The van der Waals surface area contributed by atoms with Gasteiger partial charge in [0.2, 0.25) is 0 Å². The molecule has 0 spiro atoms. The number of anilines is 1. The quantitative estimate of drug-likeness (QED) is 0.587. The summed E-state index contributed by atoms with van der Waals surface area (Å²) in [6, 6.07) is 6.50. The SMILES string of the molecule is CCOC(=O)[C@H](CCS(=O)(=O)O)Nc1ccccc1C. The summed E-state index contributed by atoms with van der Waals surface area (Å²) in [6.45, 7) is 3.75. The van der Waals surface area contributed by atoms with Gasteiger partial charge in [-0.25, -0.2) is 4.79 Å². The van der Waals surface area contributed by atoms with Crippen LogP contribution in [0.3, 0.4) is 0 Å². The van der Waals surface area contributed by atoms with E-state index in [0.717, 1.165) is 11.3 Å². The first kappa shape index (κ1) is 16.5. The van der Waals surface area contributed by atoms with Crippen molar-refractivity contribution in [3.05, 3.63) is 29.8 Å².